The lowest BCUT2D eigenvalue weighted by atomic mass is 10.2. The summed E-state index contributed by atoms with van der Waals surface area (Å²) in [5.41, 5.74) is 1.50. The van der Waals surface area contributed by atoms with Crippen molar-refractivity contribution in [3.63, 3.8) is 0 Å². The normalized spacial score (nSPS) is 12.2. The largest absolute Gasteiger partial charge is 0.497 e. The molecule has 1 atom stereocenters. The summed E-state index contributed by atoms with van der Waals surface area (Å²) in [7, 11) is 1.48. The topological polar surface area (TPSA) is 76.2 Å². The summed E-state index contributed by atoms with van der Waals surface area (Å²) in [6.07, 6.45) is 0.457. The third-order valence-corrected chi connectivity index (χ3v) is 5.52. The van der Waals surface area contributed by atoms with Gasteiger partial charge in [0.2, 0.25) is 10.0 Å². The highest BCUT2D eigenvalue weighted by Gasteiger charge is 2.20. The van der Waals surface area contributed by atoms with Crippen LogP contribution in [0.5, 0.6) is 11.5 Å². The zero-order valence-corrected chi connectivity index (χ0v) is 17.6. The molecule has 0 N–H and O–H groups in total. The molecule has 7 nitrogen and oxygen atoms in total. The fourth-order valence-electron chi connectivity index (χ4n) is 2.57. The summed E-state index contributed by atoms with van der Waals surface area (Å²) in [4.78, 5) is 14.2. The molecule has 28 heavy (non-hydrogen) atoms. The van der Waals surface area contributed by atoms with Crippen LogP contribution in [-0.4, -0.2) is 52.8 Å². The molecule has 2 aromatic rings. The van der Waals surface area contributed by atoms with Gasteiger partial charge in [-0.3, -0.25) is 9.10 Å². The van der Waals surface area contributed by atoms with Crippen molar-refractivity contribution in [3.05, 3.63) is 54.1 Å². The van der Waals surface area contributed by atoms with Crippen LogP contribution < -0.4 is 13.8 Å². The first kappa shape index (κ1) is 21.6. The standard InChI is InChI=1S/C20H26N2O5S/c1-15(20(23)21(2)14-16-6-10-18(26-4)11-7-16)27-19-12-8-17(9-13-19)22(3)28(5,24)25/h6-13,15H,14H2,1-5H3/t15-/m0/s1. The van der Waals surface area contributed by atoms with Crippen molar-refractivity contribution in [1.29, 1.82) is 0 Å². The number of sulfonamides is 1. The average molecular weight is 407 g/mol. The molecular formula is C20H26N2O5S. The van der Waals surface area contributed by atoms with Gasteiger partial charge in [-0.1, -0.05) is 12.1 Å². The van der Waals surface area contributed by atoms with E-state index in [9.17, 15) is 13.2 Å². The minimum Gasteiger partial charge on any atom is -0.497 e. The molecule has 0 bridgehead atoms. The molecule has 0 aliphatic rings. The minimum atomic E-state index is -3.33. The Morgan fingerprint density at radius 3 is 2.04 bits per heavy atom. The van der Waals surface area contributed by atoms with Gasteiger partial charge in [0, 0.05) is 20.6 Å². The number of benzene rings is 2. The highest BCUT2D eigenvalue weighted by molar-refractivity contribution is 7.92. The van der Waals surface area contributed by atoms with Gasteiger partial charge in [0.1, 0.15) is 11.5 Å². The zero-order chi connectivity index (χ0) is 20.9. The molecular weight excluding hydrogens is 380 g/mol. The number of amides is 1. The van der Waals surface area contributed by atoms with Crippen LogP contribution in [0.3, 0.4) is 0 Å². The van der Waals surface area contributed by atoms with Gasteiger partial charge in [0.15, 0.2) is 6.10 Å². The van der Waals surface area contributed by atoms with Gasteiger partial charge in [-0.25, -0.2) is 8.42 Å². The summed E-state index contributed by atoms with van der Waals surface area (Å²) in [6.45, 7) is 2.14. The molecule has 0 radical (unpaired) electrons. The summed E-state index contributed by atoms with van der Waals surface area (Å²) < 4.78 is 35.2. The first-order valence-corrected chi connectivity index (χ1v) is 10.5. The van der Waals surface area contributed by atoms with Gasteiger partial charge >= 0.3 is 0 Å². The molecule has 0 heterocycles. The number of nitrogens with zero attached hydrogens (tertiary/aromatic N) is 2. The summed E-state index contributed by atoms with van der Waals surface area (Å²) in [5, 5.41) is 0. The number of ether oxygens (including phenoxy) is 2. The predicted molar refractivity (Wildman–Crippen MR) is 109 cm³/mol. The Bertz CT molecular complexity index is 895. The maximum absolute atomic E-state index is 12.6. The molecule has 0 aromatic heterocycles. The Morgan fingerprint density at radius 2 is 1.54 bits per heavy atom. The van der Waals surface area contributed by atoms with Gasteiger partial charge in [-0.15, -0.1) is 0 Å². The Balaban J connectivity index is 1.97. The lowest BCUT2D eigenvalue weighted by molar-refractivity contribution is -0.137. The molecule has 0 unspecified atom stereocenters. The number of carbonyl (C=O) groups excluding carboxylic acids is 1. The number of likely N-dealkylation sites (N-methyl/N-ethyl adjacent to an activating group) is 1. The van der Waals surface area contributed by atoms with Gasteiger partial charge in [0.25, 0.3) is 5.91 Å². The van der Waals surface area contributed by atoms with Crippen LogP contribution >= 0.6 is 0 Å². The molecule has 8 heteroatoms. The van der Waals surface area contributed by atoms with E-state index in [4.69, 9.17) is 9.47 Å². The van der Waals surface area contributed by atoms with Gasteiger partial charge in [0.05, 0.1) is 19.1 Å². The van der Waals surface area contributed by atoms with E-state index in [0.29, 0.717) is 18.0 Å². The second-order valence-electron chi connectivity index (χ2n) is 6.53. The maximum atomic E-state index is 12.6. The number of hydrogen-bond acceptors (Lipinski definition) is 5. The third-order valence-electron chi connectivity index (χ3n) is 4.31. The van der Waals surface area contributed by atoms with Crippen molar-refractivity contribution in [3.8, 4) is 11.5 Å². The fraction of sp³-hybridized carbons (Fsp3) is 0.350. The highest BCUT2D eigenvalue weighted by Crippen LogP contribution is 2.21. The summed E-state index contributed by atoms with van der Waals surface area (Å²) in [5.74, 6) is 1.09. The van der Waals surface area contributed by atoms with Crippen LogP contribution in [-0.2, 0) is 21.4 Å². The van der Waals surface area contributed by atoms with Crippen molar-refractivity contribution in [1.82, 2.24) is 4.90 Å². The number of anilines is 1. The van der Waals surface area contributed by atoms with Gasteiger partial charge in [-0.2, -0.15) is 0 Å². The van der Waals surface area contributed by atoms with E-state index in [1.807, 2.05) is 24.3 Å². The molecule has 152 valence electrons. The highest BCUT2D eigenvalue weighted by atomic mass is 32.2. The van der Waals surface area contributed by atoms with Crippen LogP contribution in [0.1, 0.15) is 12.5 Å². The van der Waals surface area contributed by atoms with Crippen molar-refractivity contribution < 1.29 is 22.7 Å². The van der Waals surface area contributed by atoms with E-state index in [-0.39, 0.29) is 5.91 Å². The summed E-state index contributed by atoms with van der Waals surface area (Å²) >= 11 is 0. The van der Waals surface area contributed by atoms with Crippen LogP contribution in [0.2, 0.25) is 0 Å². The maximum Gasteiger partial charge on any atom is 0.263 e. The minimum absolute atomic E-state index is 0.159. The van der Waals surface area contributed by atoms with Crippen LogP contribution in [0.4, 0.5) is 5.69 Å². The number of methoxy groups -OCH3 is 1. The molecule has 0 aliphatic heterocycles. The molecule has 0 spiro atoms. The van der Waals surface area contributed by atoms with Crippen molar-refractivity contribution >= 4 is 21.6 Å². The monoisotopic (exact) mass is 406 g/mol. The number of hydrogen-bond donors (Lipinski definition) is 0. The zero-order valence-electron chi connectivity index (χ0n) is 16.7. The molecule has 0 saturated carbocycles. The van der Waals surface area contributed by atoms with Crippen molar-refractivity contribution in [2.45, 2.75) is 19.6 Å². The quantitative estimate of drug-likeness (QED) is 0.673. The molecule has 0 fully saturated rings. The molecule has 2 aromatic carbocycles. The van der Waals surface area contributed by atoms with E-state index in [0.717, 1.165) is 17.6 Å². The molecule has 0 saturated heterocycles. The van der Waals surface area contributed by atoms with Crippen LogP contribution in [0.25, 0.3) is 0 Å². The SMILES string of the molecule is COc1ccc(CN(C)C(=O)[C@H](C)Oc2ccc(N(C)S(C)(=O)=O)cc2)cc1. The van der Waals surface area contributed by atoms with E-state index < -0.39 is 16.1 Å². The lowest BCUT2D eigenvalue weighted by Crippen LogP contribution is -2.37. The van der Waals surface area contributed by atoms with E-state index in [1.165, 1.54) is 11.4 Å². The lowest BCUT2D eigenvalue weighted by Gasteiger charge is -2.23. The Hall–Kier alpha value is -2.74. The van der Waals surface area contributed by atoms with Crippen LogP contribution in [0, 0.1) is 0 Å². The molecule has 0 aliphatic carbocycles. The smallest absolute Gasteiger partial charge is 0.263 e. The Labute approximate surface area is 166 Å². The third kappa shape index (κ3) is 5.63. The summed E-state index contributed by atoms with van der Waals surface area (Å²) in [6, 6.07) is 14.1. The predicted octanol–water partition coefficient (Wildman–Crippen LogP) is 2.52. The Morgan fingerprint density at radius 1 is 1.00 bits per heavy atom. The van der Waals surface area contributed by atoms with Gasteiger partial charge in [-0.05, 0) is 48.9 Å². The number of carbonyl (C=O) groups is 1. The Kier molecular flexibility index (Phi) is 6.90. The second-order valence-corrected chi connectivity index (χ2v) is 8.54. The van der Waals surface area contributed by atoms with E-state index in [2.05, 4.69) is 0 Å². The van der Waals surface area contributed by atoms with Crippen molar-refractivity contribution in [2.75, 3.05) is 31.8 Å². The molecule has 2 rings (SSSR count). The first-order valence-electron chi connectivity index (χ1n) is 8.70. The van der Waals surface area contributed by atoms with Crippen molar-refractivity contribution in [2.24, 2.45) is 0 Å². The molecule has 1 amide bonds. The van der Waals surface area contributed by atoms with E-state index >= 15 is 0 Å². The van der Waals surface area contributed by atoms with Gasteiger partial charge < -0.3 is 14.4 Å². The van der Waals surface area contributed by atoms with E-state index in [1.54, 1.807) is 50.2 Å². The number of rotatable bonds is 8. The first-order chi connectivity index (χ1) is 13.1. The average Bonchev–Trinajstić information content (AvgIpc) is 2.67. The van der Waals surface area contributed by atoms with Crippen LogP contribution in [0.15, 0.2) is 48.5 Å². The second kappa shape index (κ2) is 8.97. The fourth-order valence-corrected chi connectivity index (χ4v) is 3.08.